The summed E-state index contributed by atoms with van der Waals surface area (Å²) in [6, 6.07) is 11.3. The zero-order valence-corrected chi connectivity index (χ0v) is 12.0. The van der Waals surface area contributed by atoms with E-state index >= 15 is 0 Å². The van der Waals surface area contributed by atoms with Crippen molar-refractivity contribution in [1.82, 2.24) is 15.0 Å². The predicted octanol–water partition coefficient (Wildman–Crippen LogP) is 3.55. The van der Waals surface area contributed by atoms with E-state index in [4.69, 9.17) is 17.3 Å². The lowest BCUT2D eigenvalue weighted by Crippen LogP contribution is -2.00. The Balaban J connectivity index is 1.86. The number of thioether (sulfide) groups is 1. The molecule has 2 heterocycles. The molecule has 0 aliphatic heterocycles. The molecule has 0 spiro atoms. The summed E-state index contributed by atoms with van der Waals surface area (Å²) >= 11 is 7.56. The lowest BCUT2D eigenvalue weighted by molar-refractivity contribution is 1.06. The number of hydrogen-bond acceptors (Lipinski definition) is 5. The van der Waals surface area contributed by atoms with E-state index in [1.807, 2.05) is 30.3 Å². The van der Waals surface area contributed by atoms with Crippen molar-refractivity contribution < 1.29 is 0 Å². The minimum absolute atomic E-state index is 0.498. The molecule has 0 radical (unpaired) electrons. The molecule has 0 saturated carbocycles. The Morgan fingerprint density at radius 1 is 1.10 bits per heavy atom. The largest absolute Gasteiger partial charge is 0.383 e. The number of halogens is 1. The first-order valence-electron chi connectivity index (χ1n) is 5.98. The SMILES string of the molecule is Nc1nc(CSc2ncccc2Cl)nc2ccccc12. The minimum atomic E-state index is 0.498. The maximum atomic E-state index is 6.07. The summed E-state index contributed by atoms with van der Waals surface area (Å²) in [6.07, 6.45) is 1.71. The second kappa shape index (κ2) is 5.64. The first-order valence-corrected chi connectivity index (χ1v) is 7.35. The standard InChI is InChI=1S/C14H11ClN4S/c15-10-5-3-7-17-14(10)20-8-12-18-11-6-2-1-4-9(11)13(16)19-12/h1-7H,8H2,(H2,16,18,19). The van der Waals surface area contributed by atoms with Gasteiger partial charge in [0, 0.05) is 11.6 Å². The fourth-order valence-electron chi connectivity index (χ4n) is 1.83. The molecule has 100 valence electrons. The van der Waals surface area contributed by atoms with Gasteiger partial charge in [0.05, 0.1) is 16.3 Å². The first kappa shape index (κ1) is 13.1. The van der Waals surface area contributed by atoms with Crippen molar-refractivity contribution in [2.45, 2.75) is 10.8 Å². The molecule has 0 atom stereocenters. The van der Waals surface area contributed by atoms with Crippen LogP contribution in [0.15, 0.2) is 47.6 Å². The maximum Gasteiger partial charge on any atom is 0.141 e. The number of pyridine rings is 1. The van der Waals surface area contributed by atoms with Gasteiger partial charge in [0.1, 0.15) is 16.7 Å². The summed E-state index contributed by atoms with van der Waals surface area (Å²) in [4.78, 5) is 13.0. The molecule has 6 heteroatoms. The average Bonchev–Trinajstić information content (AvgIpc) is 2.46. The Morgan fingerprint density at radius 3 is 2.80 bits per heavy atom. The van der Waals surface area contributed by atoms with Gasteiger partial charge < -0.3 is 5.73 Å². The molecular weight excluding hydrogens is 292 g/mol. The van der Waals surface area contributed by atoms with Crippen LogP contribution in [-0.4, -0.2) is 15.0 Å². The van der Waals surface area contributed by atoms with Gasteiger partial charge in [-0.2, -0.15) is 0 Å². The third kappa shape index (κ3) is 2.69. The Kier molecular flexibility index (Phi) is 3.71. The lowest BCUT2D eigenvalue weighted by Gasteiger charge is -2.05. The zero-order valence-electron chi connectivity index (χ0n) is 10.5. The number of nitrogen functional groups attached to an aromatic ring is 1. The summed E-state index contributed by atoms with van der Waals surface area (Å²) in [5.74, 6) is 1.75. The average molecular weight is 303 g/mol. The van der Waals surface area contributed by atoms with Crippen molar-refractivity contribution >= 4 is 40.1 Å². The fraction of sp³-hybridized carbons (Fsp3) is 0.0714. The summed E-state index contributed by atoms with van der Waals surface area (Å²) in [5.41, 5.74) is 6.80. The van der Waals surface area contributed by atoms with Crippen LogP contribution >= 0.6 is 23.4 Å². The summed E-state index contributed by atoms with van der Waals surface area (Å²) in [5, 5.41) is 2.27. The normalized spacial score (nSPS) is 10.8. The highest BCUT2D eigenvalue weighted by atomic mass is 35.5. The van der Waals surface area contributed by atoms with Gasteiger partial charge in [0.15, 0.2) is 0 Å². The number of hydrogen-bond donors (Lipinski definition) is 1. The van der Waals surface area contributed by atoms with Crippen molar-refractivity contribution in [2.24, 2.45) is 0 Å². The number of aromatic nitrogens is 3. The Morgan fingerprint density at radius 2 is 1.95 bits per heavy atom. The highest BCUT2D eigenvalue weighted by Gasteiger charge is 2.07. The second-order valence-corrected chi connectivity index (χ2v) is 5.49. The molecule has 0 aliphatic carbocycles. The zero-order chi connectivity index (χ0) is 13.9. The van der Waals surface area contributed by atoms with Crippen molar-refractivity contribution in [3.63, 3.8) is 0 Å². The molecule has 0 bridgehead atoms. The number of nitrogens with zero attached hydrogens (tertiary/aromatic N) is 3. The van der Waals surface area contributed by atoms with Crippen LogP contribution in [0.2, 0.25) is 5.02 Å². The molecule has 0 aliphatic rings. The number of rotatable bonds is 3. The summed E-state index contributed by atoms with van der Waals surface area (Å²) in [6.45, 7) is 0. The fourth-order valence-corrected chi connectivity index (χ4v) is 2.85. The first-order chi connectivity index (χ1) is 9.74. The Bertz CT molecular complexity index is 763. The van der Waals surface area contributed by atoms with E-state index in [0.29, 0.717) is 22.4 Å². The molecule has 1 aromatic carbocycles. The van der Waals surface area contributed by atoms with E-state index < -0.39 is 0 Å². The monoisotopic (exact) mass is 302 g/mol. The highest BCUT2D eigenvalue weighted by Crippen LogP contribution is 2.27. The van der Waals surface area contributed by atoms with E-state index in [9.17, 15) is 0 Å². The molecule has 0 amide bonds. The number of benzene rings is 1. The Labute approximate surface area is 125 Å². The third-order valence-electron chi connectivity index (χ3n) is 2.74. The van der Waals surface area contributed by atoms with E-state index in [2.05, 4.69) is 15.0 Å². The quantitative estimate of drug-likeness (QED) is 0.750. The van der Waals surface area contributed by atoms with Crippen LogP contribution in [0.1, 0.15) is 5.82 Å². The topological polar surface area (TPSA) is 64.7 Å². The van der Waals surface area contributed by atoms with Gasteiger partial charge >= 0.3 is 0 Å². The van der Waals surface area contributed by atoms with Crippen LogP contribution in [0.3, 0.4) is 0 Å². The minimum Gasteiger partial charge on any atom is -0.383 e. The number of nitrogens with two attached hydrogens (primary N) is 1. The van der Waals surface area contributed by atoms with E-state index in [-0.39, 0.29) is 0 Å². The molecular formula is C14H11ClN4S. The van der Waals surface area contributed by atoms with Crippen molar-refractivity contribution in [1.29, 1.82) is 0 Å². The van der Waals surface area contributed by atoms with Gasteiger partial charge in [-0.25, -0.2) is 15.0 Å². The van der Waals surface area contributed by atoms with E-state index in [0.717, 1.165) is 15.9 Å². The predicted molar refractivity (Wildman–Crippen MR) is 82.8 cm³/mol. The molecule has 0 saturated heterocycles. The summed E-state index contributed by atoms with van der Waals surface area (Å²) < 4.78 is 0. The molecule has 0 fully saturated rings. The van der Waals surface area contributed by atoms with Crippen LogP contribution < -0.4 is 5.73 Å². The number of para-hydroxylation sites is 1. The molecule has 4 nitrogen and oxygen atoms in total. The van der Waals surface area contributed by atoms with E-state index in [1.54, 1.807) is 12.3 Å². The van der Waals surface area contributed by atoms with Crippen LogP contribution in [0.4, 0.5) is 5.82 Å². The van der Waals surface area contributed by atoms with Crippen molar-refractivity contribution in [2.75, 3.05) is 5.73 Å². The van der Waals surface area contributed by atoms with Gasteiger partial charge in [0.2, 0.25) is 0 Å². The summed E-state index contributed by atoms with van der Waals surface area (Å²) in [7, 11) is 0. The highest BCUT2D eigenvalue weighted by molar-refractivity contribution is 7.98. The van der Waals surface area contributed by atoms with Crippen LogP contribution in [0.5, 0.6) is 0 Å². The molecule has 3 rings (SSSR count). The second-order valence-electron chi connectivity index (χ2n) is 4.12. The van der Waals surface area contributed by atoms with Crippen molar-refractivity contribution in [3.05, 3.63) is 53.4 Å². The van der Waals surface area contributed by atoms with Crippen molar-refractivity contribution in [3.8, 4) is 0 Å². The van der Waals surface area contributed by atoms with Gasteiger partial charge in [-0.15, -0.1) is 0 Å². The van der Waals surface area contributed by atoms with Crippen LogP contribution in [-0.2, 0) is 5.75 Å². The Hall–Kier alpha value is -1.85. The molecule has 2 N–H and O–H groups in total. The van der Waals surface area contributed by atoms with Gasteiger partial charge in [-0.3, -0.25) is 0 Å². The molecule has 3 aromatic rings. The van der Waals surface area contributed by atoms with Crippen LogP contribution in [0.25, 0.3) is 10.9 Å². The van der Waals surface area contributed by atoms with Gasteiger partial charge in [-0.1, -0.05) is 35.5 Å². The van der Waals surface area contributed by atoms with Gasteiger partial charge in [-0.05, 0) is 24.3 Å². The number of fused-ring (bicyclic) bond motifs is 1. The molecule has 20 heavy (non-hydrogen) atoms. The molecule has 0 unspecified atom stereocenters. The van der Waals surface area contributed by atoms with Gasteiger partial charge in [0.25, 0.3) is 0 Å². The lowest BCUT2D eigenvalue weighted by atomic mass is 10.2. The molecule has 2 aromatic heterocycles. The number of anilines is 1. The van der Waals surface area contributed by atoms with Crippen LogP contribution in [0, 0.1) is 0 Å². The maximum absolute atomic E-state index is 6.07. The van der Waals surface area contributed by atoms with E-state index in [1.165, 1.54) is 11.8 Å². The smallest absolute Gasteiger partial charge is 0.141 e. The third-order valence-corrected chi connectivity index (χ3v) is 4.16.